The van der Waals surface area contributed by atoms with Gasteiger partial charge in [-0.05, 0) is 43.5 Å². The summed E-state index contributed by atoms with van der Waals surface area (Å²) in [7, 11) is -4.09. The Hall–Kier alpha value is -3.02. The van der Waals surface area contributed by atoms with Crippen LogP contribution in [-0.4, -0.2) is 49.1 Å². The van der Waals surface area contributed by atoms with Crippen molar-refractivity contribution in [3.05, 3.63) is 64.1 Å². The summed E-state index contributed by atoms with van der Waals surface area (Å²) in [5.74, 6) is -1.90. The van der Waals surface area contributed by atoms with Gasteiger partial charge in [-0.2, -0.15) is 4.72 Å². The van der Waals surface area contributed by atoms with Gasteiger partial charge < -0.3 is 20.7 Å². The number of carbonyl (C=O) groups is 2. The van der Waals surface area contributed by atoms with Gasteiger partial charge >= 0.3 is 5.97 Å². The van der Waals surface area contributed by atoms with Gasteiger partial charge in [0.1, 0.15) is 6.04 Å². The maximum Gasteiger partial charge on any atom is 0.323 e. The summed E-state index contributed by atoms with van der Waals surface area (Å²) in [6.07, 6.45) is 1.41. The van der Waals surface area contributed by atoms with Gasteiger partial charge in [0.15, 0.2) is 0 Å². The van der Waals surface area contributed by atoms with Crippen molar-refractivity contribution in [2.75, 3.05) is 13.1 Å². The number of carbonyl (C=O) groups excluding carboxylic acids is 1. The van der Waals surface area contributed by atoms with Crippen LogP contribution in [0.3, 0.4) is 0 Å². The van der Waals surface area contributed by atoms with Crippen molar-refractivity contribution in [2.45, 2.75) is 30.3 Å². The number of hydrogen-bond acceptors (Lipinski definition) is 6. The smallest absolute Gasteiger partial charge is 0.323 e. The molecule has 0 spiro atoms. The van der Waals surface area contributed by atoms with Crippen LogP contribution in [0.4, 0.5) is 0 Å². The zero-order valence-corrected chi connectivity index (χ0v) is 17.5. The molecule has 0 bridgehead atoms. The fourth-order valence-corrected chi connectivity index (χ4v) is 4.63. The quantitative estimate of drug-likeness (QED) is 0.424. The molecule has 0 saturated heterocycles. The molecule has 1 aliphatic heterocycles. The van der Waals surface area contributed by atoms with Gasteiger partial charge in [-0.15, -0.1) is 0 Å². The highest BCUT2D eigenvalue weighted by Crippen LogP contribution is 2.18. The molecule has 0 fully saturated rings. The number of carboxylic acid groups (broad SMARTS) is 1. The van der Waals surface area contributed by atoms with E-state index in [9.17, 15) is 27.9 Å². The molecule has 166 valence electrons. The third-order valence-electron chi connectivity index (χ3n) is 5.17. The average Bonchev–Trinajstić information content (AvgIpc) is 2.76. The maximum absolute atomic E-state index is 12.5. The number of nitrogens with two attached hydrogens (primary N) is 1. The molecule has 0 aliphatic carbocycles. The number of rotatable bonds is 8. The number of aryl methyl sites for hydroxylation is 1. The van der Waals surface area contributed by atoms with Crippen LogP contribution in [0.25, 0.3) is 0 Å². The molecule has 10 nitrogen and oxygen atoms in total. The summed E-state index contributed by atoms with van der Waals surface area (Å²) in [4.78, 5) is 36.3. The molecule has 3 rings (SSSR count). The molecule has 1 aromatic heterocycles. The van der Waals surface area contributed by atoms with E-state index in [1.165, 1.54) is 30.3 Å². The maximum atomic E-state index is 12.5. The van der Waals surface area contributed by atoms with Gasteiger partial charge in [0.2, 0.25) is 10.0 Å². The number of hydrogen-bond donors (Lipinski definition) is 4. The molecular formula is C20H24N4O6S. The van der Waals surface area contributed by atoms with Crippen molar-refractivity contribution in [3.63, 3.8) is 0 Å². The Morgan fingerprint density at radius 2 is 1.94 bits per heavy atom. The van der Waals surface area contributed by atoms with Crippen molar-refractivity contribution in [1.82, 2.24) is 14.6 Å². The zero-order chi connectivity index (χ0) is 22.6. The number of sulfonamides is 1. The summed E-state index contributed by atoms with van der Waals surface area (Å²) in [6.45, 7) is 0.479. The Bertz CT molecular complexity index is 1130. The van der Waals surface area contributed by atoms with Crippen LogP contribution in [0.15, 0.2) is 52.2 Å². The summed E-state index contributed by atoms with van der Waals surface area (Å²) >= 11 is 0. The van der Waals surface area contributed by atoms with Crippen LogP contribution in [-0.2, 0) is 27.8 Å². The minimum atomic E-state index is -4.09. The fraction of sp³-hybridized carbons (Fsp3) is 0.350. The van der Waals surface area contributed by atoms with Crippen LogP contribution in [0.2, 0.25) is 0 Å². The highest BCUT2D eigenvalue weighted by molar-refractivity contribution is 7.89. The van der Waals surface area contributed by atoms with Gasteiger partial charge in [0, 0.05) is 30.4 Å². The van der Waals surface area contributed by atoms with Crippen LogP contribution < -0.4 is 21.3 Å². The summed E-state index contributed by atoms with van der Waals surface area (Å²) in [6, 6.07) is 8.50. The summed E-state index contributed by atoms with van der Waals surface area (Å²) in [5.41, 5.74) is 6.16. The molecule has 31 heavy (non-hydrogen) atoms. The Labute approximate surface area is 179 Å². The second-order valence-corrected chi connectivity index (χ2v) is 9.07. The minimum Gasteiger partial charge on any atom is -0.480 e. The normalized spacial score (nSPS) is 16.9. The van der Waals surface area contributed by atoms with Gasteiger partial charge in [0.05, 0.1) is 4.90 Å². The van der Waals surface area contributed by atoms with E-state index in [1.807, 2.05) is 0 Å². The van der Waals surface area contributed by atoms with Gasteiger partial charge in [-0.3, -0.25) is 14.4 Å². The summed E-state index contributed by atoms with van der Waals surface area (Å²) in [5, 5.41) is 11.8. The Balaban J connectivity index is 1.70. The topological polar surface area (TPSA) is 161 Å². The largest absolute Gasteiger partial charge is 0.480 e. The van der Waals surface area contributed by atoms with E-state index in [0.717, 1.165) is 6.42 Å². The first-order valence-electron chi connectivity index (χ1n) is 9.73. The van der Waals surface area contributed by atoms with Crippen LogP contribution in [0.1, 0.15) is 22.5 Å². The third kappa shape index (κ3) is 5.37. The Kier molecular flexibility index (Phi) is 6.88. The number of fused-ring (bicyclic) bond motifs is 1. The van der Waals surface area contributed by atoms with Crippen LogP contribution in [0.5, 0.6) is 0 Å². The van der Waals surface area contributed by atoms with Gasteiger partial charge in [-0.1, -0.05) is 18.2 Å². The molecule has 5 N–H and O–H groups in total. The highest BCUT2D eigenvalue weighted by Gasteiger charge is 2.26. The Morgan fingerprint density at radius 3 is 2.58 bits per heavy atom. The molecule has 0 unspecified atom stereocenters. The van der Waals surface area contributed by atoms with Crippen molar-refractivity contribution >= 4 is 21.9 Å². The van der Waals surface area contributed by atoms with Crippen LogP contribution >= 0.6 is 0 Å². The molecule has 1 amide bonds. The van der Waals surface area contributed by atoms with E-state index in [4.69, 9.17) is 5.73 Å². The molecule has 0 saturated carbocycles. The van der Waals surface area contributed by atoms with E-state index in [1.54, 1.807) is 16.7 Å². The molecule has 2 aromatic rings. The molecule has 0 radical (unpaired) electrons. The number of pyridine rings is 1. The zero-order valence-electron chi connectivity index (χ0n) is 16.7. The average molecular weight is 449 g/mol. The predicted octanol–water partition coefficient (Wildman–Crippen LogP) is -0.469. The fourth-order valence-electron chi connectivity index (χ4n) is 3.42. The van der Waals surface area contributed by atoms with Crippen LogP contribution in [0, 0.1) is 5.92 Å². The summed E-state index contributed by atoms with van der Waals surface area (Å²) < 4.78 is 28.4. The number of benzene rings is 1. The number of amides is 1. The molecular weight excluding hydrogens is 424 g/mol. The van der Waals surface area contributed by atoms with E-state index < -0.39 is 34.5 Å². The third-order valence-corrected chi connectivity index (χ3v) is 6.66. The molecule has 1 aliphatic rings. The Morgan fingerprint density at radius 1 is 1.23 bits per heavy atom. The van der Waals surface area contributed by atoms with Crippen molar-refractivity contribution in [2.24, 2.45) is 11.7 Å². The first kappa shape index (κ1) is 22.7. The monoisotopic (exact) mass is 448 g/mol. The number of nitrogens with one attached hydrogen (secondary N) is 2. The first-order valence-corrected chi connectivity index (χ1v) is 11.2. The lowest BCUT2D eigenvalue weighted by atomic mass is 9.96. The SMILES string of the molecule is NC[C@@H]1CCc2cc(C(=O)NC[C@H](NS(=O)(=O)c3ccccc3)C(=O)O)cc(=O)n2C1. The standard InChI is InChI=1S/C20H24N4O6S/c21-10-13-6-7-15-8-14(9-18(25)24(15)12-13)19(26)22-11-17(20(27)28)23-31(29,30)16-4-2-1-3-5-16/h1-5,8-9,13,17,23H,6-7,10-12,21H2,(H,22,26)(H,27,28)/t13-,17-/m0/s1. The van der Waals surface area contributed by atoms with E-state index >= 15 is 0 Å². The van der Waals surface area contributed by atoms with E-state index in [2.05, 4.69) is 10.0 Å². The molecule has 1 aromatic carbocycles. The number of carboxylic acids is 1. The first-order chi connectivity index (χ1) is 14.7. The van der Waals surface area contributed by atoms with Gasteiger partial charge in [0.25, 0.3) is 11.5 Å². The molecule has 2 atom stereocenters. The lowest BCUT2D eigenvalue weighted by Gasteiger charge is -2.25. The van der Waals surface area contributed by atoms with E-state index in [-0.39, 0.29) is 21.9 Å². The number of aliphatic carboxylic acids is 1. The van der Waals surface area contributed by atoms with Crippen molar-refractivity contribution in [3.8, 4) is 0 Å². The predicted molar refractivity (Wildman–Crippen MR) is 112 cm³/mol. The lowest BCUT2D eigenvalue weighted by Crippen LogP contribution is -2.48. The highest BCUT2D eigenvalue weighted by atomic mass is 32.2. The second kappa shape index (κ2) is 9.41. The van der Waals surface area contributed by atoms with Gasteiger partial charge in [-0.25, -0.2) is 8.42 Å². The number of aromatic nitrogens is 1. The molecule has 11 heteroatoms. The van der Waals surface area contributed by atoms with Crippen molar-refractivity contribution in [1.29, 1.82) is 0 Å². The second-order valence-electron chi connectivity index (χ2n) is 7.36. The molecule has 2 heterocycles. The minimum absolute atomic E-state index is 0.0916. The van der Waals surface area contributed by atoms with Crippen molar-refractivity contribution < 1.29 is 23.1 Å². The lowest BCUT2D eigenvalue weighted by molar-refractivity contribution is -0.138. The van der Waals surface area contributed by atoms with E-state index in [0.29, 0.717) is 25.2 Å². The number of nitrogens with zero attached hydrogens (tertiary/aromatic N) is 1.